The number of alkyl halides is 5. The molecule has 1 aliphatic rings. The minimum atomic E-state index is -4.43. The van der Waals surface area contributed by atoms with E-state index in [2.05, 4.69) is 5.32 Å². The maximum atomic E-state index is 14.1. The van der Waals surface area contributed by atoms with Crippen molar-refractivity contribution in [3.8, 4) is 11.1 Å². The van der Waals surface area contributed by atoms with Crippen LogP contribution in [0.5, 0.6) is 0 Å². The van der Waals surface area contributed by atoms with Crippen LogP contribution >= 0.6 is 11.9 Å². The third-order valence-corrected chi connectivity index (χ3v) is 6.61. The van der Waals surface area contributed by atoms with Gasteiger partial charge in [0.15, 0.2) is 0 Å². The van der Waals surface area contributed by atoms with Crippen LogP contribution in [0.3, 0.4) is 0 Å². The van der Waals surface area contributed by atoms with Gasteiger partial charge in [-0.1, -0.05) is 30.3 Å². The largest absolute Gasteiger partial charge is 0.416 e. The van der Waals surface area contributed by atoms with Crippen LogP contribution in [0.25, 0.3) is 11.1 Å². The fourth-order valence-corrected chi connectivity index (χ4v) is 4.84. The van der Waals surface area contributed by atoms with Crippen LogP contribution in [-0.2, 0) is 17.5 Å². The molecule has 0 saturated carbocycles. The zero-order chi connectivity index (χ0) is 25.2. The molecule has 4 rings (SSSR count). The number of rotatable bonds is 6. The van der Waals surface area contributed by atoms with Gasteiger partial charge in [0, 0.05) is 17.9 Å². The van der Waals surface area contributed by atoms with Gasteiger partial charge in [-0.15, -0.1) is 0 Å². The zero-order valence-corrected chi connectivity index (χ0v) is 19.0. The third-order valence-electron chi connectivity index (χ3n) is 5.51. The second kappa shape index (κ2) is 9.94. The predicted octanol–water partition coefficient (Wildman–Crippen LogP) is 6.54. The summed E-state index contributed by atoms with van der Waals surface area (Å²) in [6, 6.07) is 15.9. The van der Waals surface area contributed by atoms with E-state index in [9.17, 15) is 31.1 Å². The van der Waals surface area contributed by atoms with E-state index in [1.165, 1.54) is 40.7 Å². The highest BCUT2D eigenvalue weighted by atomic mass is 32.2. The molecular weight excluding hydrogens is 490 g/mol. The first-order chi connectivity index (χ1) is 16.5. The molecule has 0 aliphatic carbocycles. The van der Waals surface area contributed by atoms with E-state index >= 15 is 0 Å². The van der Waals surface area contributed by atoms with E-state index in [0.29, 0.717) is 21.6 Å². The van der Waals surface area contributed by atoms with Gasteiger partial charge in [0.05, 0.1) is 12.1 Å². The molecule has 0 bridgehead atoms. The molecule has 1 fully saturated rings. The van der Waals surface area contributed by atoms with Gasteiger partial charge in [-0.3, -0.25) is 4.79 Å². The van der Waals surface area contributed by atoms with Crippen LogP contribution < -0.4 is 5.32 Å². The van der Waals surface area contributed by atoms with E-state index in [1.807, 2.05) is 0 Å². The van der Waals surface area contributed by atoms with Crippen molar-refractivity contribution in [3.63, 3.8) is 0 Å². The van der Waals surface area contributed by atoms with E-state index in [1.54, 1.807) is 24.3 Å². The van der Waals surface area contributed by atoms with Gasteiger partial charge in [-0.05, 0) is 71.1 Å². The van der Waals surface area contributed by atoms with E-state index in [-0.39, 0.29) is 6.54 Å². The summed E-state index contributed by atoms with van der Waals surface area (Å²) in [5.74, 6) is -4.07. The Morgan fingerprint density at radius 3 is 2.34 bits per heavy atom. The number of hydrogen-bond donors (Lipinski definition) is 1. The van der Waals surface area contributed by atoms with Crippen molar-refractivity contribution in [2.45, 2.75) is 36.0 Å². The Balaban J connectivity index is 1.42. The van der Waals surface area contributed by atoms with Gasteiger partial charge in [-0.2, -0.15) is 13.2 Å². The summed E-state index contributed by atoms with van der Waals surface area (Å²) >= 11 is 0.969. The molecule has 1 N–H and O–H groups in total. The summed E-state index contributed by atoms with van der Waals surface area (Å²) in [6.07, 6.45) is -5.07. The maximum absolute atomic E-state index is 14.1. The summed E-state index contributed by atoms with van der Waals surface area (Å²) in [5.41, 5.74) is 1.15. The van der Waals surface area contributed by atoms with Crippen molar-refractivity contribution >= 4 is 17.9 Å². The topological polar surface area (TPSA) is 32.3 Å². The molecule has 0 aromatic heterocycles. The number of hydrogen-bond acceptors (Lipinski definition) is 3. The Kier molecular flexibility index (Phi) is 7.14. The Morgan fingerprint density at radius 2 is 1.69 bits per heavy atom. The molecule has 3 aromatic rings. The molecule has 1 saturated heterocycles. The van der Waals surface area contributed by atoms with Crippen molar-refractivity contribution in [1.82, 2.24) is 9.62 Å². The van der Waals surface area contributed by atoms with E-state index in [4.69, 9.17) is 0 Å². The molecule has 3 nitrogen and oxygen atoms in total. The standard InChI is InChI=1S/C25H20F6N2OS/c26-20-8-10-21(11-9-20)35-33-15-24(27,28)13-22(33)23(34)32-14-16-2-1-3-18(12-16)17-4-6-19(7-5-17)25(29,30)31/h1-12,22H,13-15H2,(H,32,34)/t22-/m0/s1. The third kappa shape index (κ3) is 6.37. The fourth-order valence-electron chi connectivity index (χ4n) is 3.76. The lowest BCUT2D eigenvalue weighted by Gasteiger charge is -2.21. The minimum Gasteiger partial charge on any atom is -0.351 e. The molecule has 0 unspecified atom stereocenters. The summed E-state index contributed by atoms with van der Waals surface area (Å²) in [5, 5.41) is 2.68. The Morgan fingerprint density at radius 1 is 1.00 bits per heavy atom. The number of halogens is 6. The second-order valence-electron chi connectivity index (χ2n) is 8.19. The highest BCUT2D eigenvalue weighted by molar-refractivity contribution is 7.97. The van der Waals surface area contributed by atoms with Crippen LogP contribution in [0, 0.1) is 5.82 Å². The summed E-state index contributed by atoms with van der Waals surface area (Å²) in [6.45, 7) is -0.555. The average molecular weight is 511 g/mol. The van der Waals surface area contributed by atoms with Crippen LogP contribution in [-0.4, -0.2) is 28.7 Å². The first-order valence-corrected chi connectivity index (χ1v) is 11.4. The molecule has 1 atom stereocenters. The Labute approximate surface area is 202 Å². The lowest BCUT2D eigenvalue weighted by molar-refractivity contribution is -0.137. The highest BCUT2D eigenvalue weighted by Crippen LogP contribution is 2.39. The van der Waals surface area contributed by atoms with E-state index in [0.717, 1.165) is 24.1 Å². The van der Waals surface area contributed by atoms with Gasteiger partial charge >= 0.3 is 6.18 Å². The first kappa shape index (κ1) is 25.1. The quantitative estimate of drug-likeness (QED) is 0.302. The van der Waals surface area contributed by atoms with Crippen LogP contribution in [0.15, 0.2) is 77.7 Å². The highest BCUT2D eigenvalue weighted by Gasteiger charge is 2.48. The van der Waals surface area contributed by atoms with Gasteiger partial charge in [0.1, 0.15) is 11.9 Å². The molecule has 10 heteroatoms. The molecule has 1 heterocycles. The lowest BCUT2D eigenvalue weighted by Crippen LogP contribution is -2.40. The molecule has 1 amide bonds. The van der Waals surface area contributed by atoms with Crippen molar-refractivity contribution in [3.05, 3.63) is 89.7 Å². The SMILES string of the molecule is O=C(NCc1cccc(-c2ccc(C(F)(F)F)cc2)c1)[C@@H]1CC(F)(F)CN1Sc1ccc(F)cc1. The summed E-state index contributed by atoms with van der Waals surface area (Å²) in [4.78, 5) is 13.3. The monoisotopic (exact) mass is 510 g/mol. The van der Waals surface area contributed by atoms with Crippen molar-refractivity contribution in [2.24, 2.45) is 0 Å². The summed E-state index contributed by atoms with van der Waals surface area (Å²) in [7, 11) is 0. The Bertz CT molecular complexity index is 1180. The molecule has 0 spiro atoms. The first-order valence-electron chi connectivity index (χ1n) is 10.6. The number of amides is 1. The summed E-state index contributed by atoms with van der Waals surface area (Å²) < 4.78 is 81.0. The van der Waals surface area contributed by atoms with Crippen molar-refractivity contribution in [1.29, 1.82) is 0 Å². The lowest BCUT2D eigenvalue weighted by atomic mass is 10.0. The van der Waals surface area contributed by atoms with Gasteiger partial charge in [0.2, 0.25) is 5.91 Å². The van der Waals surface area contributed by atoms with Crippen LogP contribution in [0.1, 0.15) is 17.5 Å². The van der Waals surface area contributed by atoms with Crippen LogP contribution in [0.4, 0.5) is 26.3 Å². The smallest absolute Gasteiger partial charge is 0.351 e. The molecule has 35 heavy (non-hydrogen) atoms. The fraction of sp³-hybridized carbons (Fsp3) is 0.240. The molecule has 0 radical (unpaired) electrons. The number of benzene rings is 3. The normalized spacial score (nSPS) is 17.9. The van der Waals surface area contributed by atoms with Gasteiger partial charge < -0.3 is 5.32 Å². The van der Waals surface area contributed by atoms with Gasteiger partial charge in [0.25, 0.3) is 5.92 Å². The zero-order valence-electron chi connectivity index (χ0n) is 18.2. The number of nitrogens with one attached hydrogen (secondary N) is 1. The minimum absolute atomic E-state index is 0.0600. The molecule has 1 aliphatic heterocycles. The average Bonchev–Trinajstić information content (AvgIpc) is 3.12. The maximum Gasteiger partial charge on any atom is 0.416 e. The Hall–Kier alpha value is -2.98. The van der Waals surface area contributed by atoms with Crippen molar-refractivity contribution in [2.75, 3.05) is 6.54 Å². The van der Waals surface area contributed by atoms with E-state index < -0.39 is 48.4 Å². The van der Waals surface area contributed by atoms with Crippen LogP contribution in [0.2, 0.25) is 0 Å². The number of carbonyl (C=O) groups is 1. The molecule has 184 valence electrons. The second-order valence-corrected chi connectivity index (χ2v) is 9.31. The predicted molar refractivity (Wildman–Crippen MR) is 121 cm³/mol. The van der Waals surface area contributed by atoms with Crippen molar-refractivity contribution < 1.29 is 31.1 Å². The number of carbonyl (C=O) groups excluding carboxylic acids is 1. The van der Waals surface area contributed by atoms with Gasteiger partial charge in [-0.25, -0.2) is 17.5 Å². The molecule has 3 aromatic carbocycles. The number of nitrogens with zero attached hydrogens (tertiary/aromatic N) is 1. The molecular formula is C25H20F6N2OS.